The van der Waals surface area contributed by atoms with Crippen LogP contribution >= 0.6 is 0 Å². The number of hydrogen-bond acceptors (Lipinski definition) is 4. The number of phenols is 1. The van der Waals surface area contributed by atoms with Crippen LogP contribution in [0.15, 0.2) is 24.3 Å². The van der Waals surface area contributed by atoms with Gasteiger partial charge in [-0.15, -0.1) is 0 Å². The van der Waals surface area contributed by atoms with Crippen molar-refractivity contribution >= 4 is 9.84 Å². The van der Waals surface area contributed by atoms with Crippen LogP contribution in [0, 0.1) is 0 Å². The van der Waals surface area contributed by atoms with Crippen LogP contribution in [0.3, 0.4) is 0 Å². The Bertz CT molecular complexity index is 454. The first kappa shape index (κ1) is 15.0. The minimum atomic E-state index is -2.91. The number of aromatic hydroxyl groups is 1. The number of phenolic OH excluding ortho intramolecular Hbond substituents is 1. The summed E-state index contributed by atoms with van der Waals surface area (Å²) in [5.41, 5.74) is 1.12. The summed E-state index contributed by atoms with van der Waals surface area (Å²) in [5.74, 6) is 0.630. The van der Waals surface area contributed by atoms with Crippen LogP contribution in [0.25, 0.3) is 0 Å². The van der Waals surface area contributed by atoms with E-state index >= 15 is 0 Å². The highest BCUT2D eigenvalue weighted by atomic mass is 32.2. The highest BCUT2D eigenvalue weighted by Gasteiger charge is 2.12. The number of nitrogens with one attached hydrogen (secondary N) is 1. The Balaban J connectivity index is 2.31. The van der Waals surface area contributed by atoms with Crippen molar-refractivity contribution in [2.75, 3.05) is 18.1 Å². The number of rotatable bonds is 7. The smallest absolute Gasteiger partial charge is 0.151 e. The van der Waals surface area contributed by atoms with Gasteiger partial charge in [-0.1, -0.05) is 19.1 Å². The minimum Gasteiger partial charge on any atom is -0.508 e. The highest BCUT2D eigenvalue weighted by molar-refractivity contribution is 7.91. The molecule has 0 bridgehead atoms. The van der Waals surface area contributed by atoms with Gasteiger partial charge in [0.1, 0.15) is 5.75 Å². The lowest BCUT2D eigenvalue weighted by molar-refractivity contribution is 0.475. The average Bonchev–Trinajstić information content (AvgIpc) is 2.31. The summed E-state index contributed by atoms with van der Waals surface area (Å²) in [4.78, 5) is 0. The summed E-state index contributed by atoms with van der Waals surface area (Å²) in [6.07, 6.45) is 0.816. The molecule has 0 heterocycles. The fraction of sp³-hybridized carbons (Fsp3) is 0.538. The summed E-state index contributed by atoms with van der Waals surface area (Å²) in [6.45, 7) is 4.27. The van der Waals surface area contributed by atoms with Crippen LogP contribution < -0.4 is 5.32 Å². The molecule has 2 N–H and O–H groups in total. The summed E-state index contributed by atoms with van der Waals surface area (Å²) < 4.78 is 22.8. The predicted molar refractivity (Wildman–Crippen MR) is 73.6 cm³/mol. The van der Waals surface area contributed by atoms with Gasteiger partial charge in [-0.05, 0) is 37.6 Å². The predicted octanol–water partition coefficient (Wildman–Crippen LogP) is 1.35. The zero-order valence-electron chi connectivity index (χ0n) is 10.9. The lowest BCUT2D eigenvalue weighted by Crippen LogP contribution is -2.34. The average molecular weight is 271 g/mol. The molecule has 0 saturated heterocycles. The van der Waals surface area contributed by atoms with Crippen molar-refractivity contribution in [3.8, 4) is 5.75 Å². The number of sulfone groups is 1. The van der Waals surface area contributed by atoms with Crippen molar-refractivity contribution in [2.24, 2.45) is 0 Å². The number of hydrogen-bond donors (Lipinski definition) is 2. The van der Waals surface area contributed by atoms with Gasteiger partial charge in [-0.25, -0.2) is 8.42 Å². The van der Waals surface area contributed by atoms with E-state index in [2.05, 4.69) is 5.32 Å². The number of benzene rings is 1. The molecule has 1 rings (SSSR count). The van der Waals surface area contributed by atoms with E-state index in [9.17, 15) is 8.42 Å². The zero-order valence-corrected chi connectivity index (χ0v) is 11.7. The Morgan fingerprint density at radius 1 is 1.28 bits per heavy atom. The SMILES string of the molecule is CCS(=O)(=O)CC(C)NCCc1ccc(O)cc1. The second-order valence-corrected chi connectivity index (χ2v) is 6.87. The van der Waals surface area contributed by atoms with Crippen molar-refractivity contribution in [2.45, 2.75) is 26.3 Å². The molecule has 1 atom stereocenters. The van der Waals surface area contributed by atoms with Gasteiger partial charge in [0, 0.05) is 11.8 Å². The first-order valence-electron chi connectivity index (χ1n) is 6.14. The van der Waals surface area contributed by atoms with Gasteiger partial charge in [0.25, 0.3) is 0 Å². The van der Waals surface area contributed by atoms with Crippen molar-refractivity contribution in [1.29, 1.82) is 0 Å². The van der Waals surface area contributed by atoms with Crippen LogP contribution in [0.5, 0.6) is 5.75 Å². The Labute approximate surface area is 109 Å². The molecule has 0 aliphatic rings. The van der Waals surface area contributed by atoms with Crippen LogP contribution in [0.4, 0.5) is 0 Å². The summed E-state index contributed by atoms with van der Waals surface area (Å²) >= 11 is 0. The first-order chi connectivity index (χ1) is 8.43. The largest absolute Gasteiger partial charge is 0.508 e. The van der Waals surface area contributed by atoms with Gasteiger partial charge in [0.15, 0.2) is 9.84 Å². The van der Waals surface area contributed by atoms with Gasteiger partial charge < -0.3 is 10.4 Å². The van der Waals surface area contributed by atoms with Gasteiger partial charge in [-0.2, -0.15) is 0 Å². The third-order valence-electron chi connectivity index (χ3n) is 2.79. The third kappa shape index (κ3) is 5.51. The first-order valence-corrected chi connectivity index (χ1v) is 7.97. The minimum absolute atomic E-state index is 0.0351. The molecule has 0 radical (unpaired) electrons. The third-order valence-corrected chi connectivity index (χ3v) is 4.67. The van der Waals surface area contributed by atoms with E-state index in [0.29, 0.717) is 0 Å². The summed E-state index contributed by atoms with van der Waals surface area (Å²) in [7, 11) is -2.91. The van der Waals surface area contributed by atoms with Crippen LogP contribution in [0.2, 0.25) is 0 Å². The van der Waals surface area contributed by atoms with E-state index in [-0.39, 0.29) is 23.3 Å². The molecular weight excluding hydrogens is 250 g/mol. The normalized spacial score (nSPS) is 13.4. The molecule has 102 valence electrons. The van der Waals surface area contributed by atoms with Crippen LogP contribution in [0.1, 0.15) is 19.4 Å². The van der Waals surface area contributed by atoms with E-state index in [1.807, 2.05) is 19.1 Å². The zero-order chi connectivity index (χ0) is 13.6. The maximum absolute atomic E-state index is 11.4. The monoisotopic (exact) mass is 271 g/mol. The molecule has 4 nitrogen and oxygen atoms in total. The lowest BCUT2D eigenvalue weighted by Gasteiger charge is -2.13. The Kier molecular flexibility index (Phi) is 5.62. The molecule has 5 heteroatoms. The lowest BCUT2D eigenvalue weighted by atomic mass is 10.1. The van der Waals surface area contributed by atoms with E-state index in [0.717, 1.165) is 18.5 Å². The molecule has 0 saturated carbocycles. The molecule has 0 aliphatic heterocycles. The molecule has 0 fully saturated rings. The molecule has 1 aromatic rings. The summed E-state index contributed by atoms with van der Waals surface area (Å²) in [6, 6.07) is 7.00. The standard InChI is InChI=1S/C13H21NO3S/c1-3-18(16,17)10-11(2)14-9-8-12-4-6-13(15)7-5-12/h4-7,11,14-15H,3,8-10H2,1-2H3. The van der Waals surface area contributed by atoms with Crippen LogP contribution in [-0.4, -0.2) is 37.6 Å². The fourth-order valence-corrected chi connectivity index (χ4v) is 2.80. The molecule has 1 unspecified atom stereocenters. The van der Waals surface area contributed by atoms with E-state index in [1.165, 1.54) is 0 Å². The second kappa shape index (κ2) is 6.75. The maximum Gasteiger partial charge on any atom is 0.151 e. The Morgan fingerprint density at radius 2 is 1.89 bits per heavy atom. The van der Waals surface area contributed by atoms with E-state index < -0.39 is 9.84 Å². The molecule has 18 heavy (non-hydrogen) atoms. The molecule has 0 amide bonds. The van der Waals surface area contributed by atoms with E-state index in [4.69, 9.17) is 5.11 Å². The van der Waals surface area contributed by atoms with Gasteiger partial charge >= 0.3 is 0 Å². The maximum atomic E-state index is 11.4. The quantitative estimate of drug-likeness (QED) is 0.785. The van der Waals surface area contributed by atoms with Crippen molar-refractivity contribution in [1.82, 2.24) is 5.32 Å². The molecule has 0 aromatic heterocycles. The Morgan fingerprint density at radius 3 is 2.44 bits per heavy atom. The highest BCUT2D eigenvalue weighted by Crippen LogP contribution is 2.09. The summed E-state index contributed by atoms with van der Waals surface area (Å²) in [5, 5.41) is 12.3. The Hall–Kier alpha value is -1.07. The van der Waals surface area contributed by atoms with Gasteiger partial charge in [0.05, 0.1) is 5.75 Å². The topological polar surface area (TPSA) is 66.4 Å². The van der Waals surface area contributed by atoms with Crippen molar-refractivity contribution in [3.05, 3.63) is 29.8 Å². The molecular formula is C13H21NO3S. The molecule has 0 spiro atoms. The second-order valence-electron chi connectivity index (χ2n) is 4.47. The molecule has 0 aliphatic carbocycles. The van der Waals surface area contributed by atoms with Crippen molar-refractivity contribution in [3.63, 3.8) is 0 Å². The van der Waals surface area contributed by atoms with Crippen LogP contribution in [-0.2, 0) is 16.3 Å². The van der Waals surface area contributed by atoms with E-state index in [1.54, 1.807) is 19.1 Å². The van der Waals surface area contributed by atoms with Gasteiger partial charge in [0.2, 0.25) is 0 Å². The van der Waals surface area contributed by atoms with Gasteiger partial charge in [-0.3, -0.25) is 0 Å². The fourth-order valence-electron chi connectivity index (χ4n) is 1.68. The van der Waals surface area contributed by atoms with Crippen molar-refractivity contribution < 1.29 is 13.5 Å². The molecule has 1 aromatic carbocycles.